The van der Waals surface area contributed by atoms with Crippen LogP contribution in [0.2, 0.25) is 0 Å². The molecule has 5 N–H and O–H groups in total. The Labute approximate surface area is 83.1 Å². The van der Waals surface area contributed by atoms with E-state index in [4.69, 9.17) is 11.5 Å². The van der Waals surface area contributed by atoms with E-state index in [1.807, 2.05) is 0 Å². The second-order valence-corrected chi connectivity index (χ2v) is 3.84. The molecule has 0 bridgehead atoms. The summed E-state index contributed by atoms with van der Waals surface area (Å²) in [6.07, 6.45) is 1.89. The van der Waals surface area contributed by atoms with Gasteiger partial charge < -0.3 is 16.8 Å². The molecule has 3 nitrogen and oxygen atoms in total. The molecule has 0 aliphatic carbocycles. The van der Waals surface area contributed by atoms with Gasteiger partial charge in [0.25, 0.3) is 0 Å². The maximum Gasteiger partial charge on any atom is 0.0448 e. The predicted molar refractivity (Wildman–Crippen MR) is 59.1 cm³/mol. The minimum absolute atomic E-state index is 0.233. The molecule has 1 rings (SSSR count). The van der Waals surface area contributed by atoms with Gasteiger partial charge in [0.05, 0.1) is 0 Å². The Morgan fingerprint density at radius 3 is 2.92 bits per heavy atom. The molecule has 1 aromatic rings. The third kappa shape index (κ3) is 4.26. The number of nitrogens with two attached hydrogens (primary N) is 2. The lowest BCUT2D eigenvalue weighted by molar-refractivity contribution is 0.591. The van der Waals surface area contributed by atoms with Crippen LogP contribution in [0.25, 0.3) is 0 Å². The molecule has 0 amide bonds. The topological polar surface area (TPSA) is 64.1 Å². The second kappa shape index (κ2) is 5.96. The van der Waals surface area contributed by atoms with Crippen molar-refractivity contribution in [1.82, 2.24) is 0 Å². The Balaban J connectivity index is 2.07. The zero-order valence-electron chi connectivity index (χ0n) is 7.70. The summed E-state index contributed by atoms with van der Waals surface area (Å²) in [6, 6.07) is 2.30. The highest BCUT2D eigenvalue weighted by molar-refractivity contribution is 7.08. The van der Waals surface area contributed by atoms with E-state index in [0.717, 1.165) is 19.4 Å². The van der Waals surface area contributed by atoms with Gasteiger partial charge in [-0.1, -0.05) is 0 Å². The molecule has 1 heterocycles. The predicted octanol–water partition coefficient (Wildman–Crippen LogP) is 1.23. The van der Waals surface area contributed by atoms with Gasteiger partial charge in [-0.15, -0.1) is 0 Å². The molecular weight excluding hydrogens is 182 g/mol. The summed E-state index contributed by atoms with van der Waals surface area (Å²) in [5, 5.41) is 7.45. The SMILES string of the molecule is NCCC(N)CCNc1ccsc1. The summed E-state index contributed by atoms with van der Waals surface area (Å²) in [7, 11) is 0. The Morgan fingerprint density at radius 2 is 2.31 bits per heavy atom. The summed E-state index contributed by atoms with van der Waals surface area (Å²) < 4.78 is 0. The van der Waals surface area contributed by atoms with Gasteiger partial charge in [0.15, 0.2) is 0 Å². The summed E-state index contributed by atoms with van der Waals surface area (Å²) in [4.78, 5) is 0. The van der Waals surface area contributed by atoms with Crippen molar-refractivity contribution in [1.29, 1.82) is 0 Å². The van der Waals surface area contributed by atoms with Crippen LogP contribution >= 0.6 is 11.3 Å². The van der Waals surface area contributed by atoms with Crippen molar-refractivity contribution < 1.29 is 0 Å². The Bertz CT molecular complexity index is 211. The highest BCUT2D eigenvalue weighted by Crippen LogP contribution is 2.11. The van der Waals surface area contributed by atoms with Crippen LogP contribution in [0.4, 0.5) is 5.69 Å². The Morgan fingerprint density at radius 1 is 1.46 bits per heavy atom. The standard InChI is InChI=1S/C9H17N3S/c10-4-1-8(11)2-5-12-9-3-6-13-7-9/h3,6-8,12H,1-2,4-5,10-11H2. The van der Waals surface area contributed by atoms with E-state index in [2.05, 4.69) is 22.1 Å². The largest absolute Gasteiger partial charge is 0.384 e. The van der Waals surface area contributed by atoms with E-state index < -0.39 is 0 Å². The first-order valence-electron chi connectivity index (χ1n) is 4.54. The van der Waals surface area contributed by atoms with Gasteiger partial charge in [-0.3, -0.25) is 0 Å². The van der Waals surface area contributed by atoms with Crippen LogP contribution in [0, 0.1) is 0 Å². The number of hydrogen-bond acceptors (Lipinski definition) is 4. The summed E-state index contributed by atoms with van der Waals surface area (Å²) in [5.41, 5.74) is 12.4. The molecule has 0 fully saturated rings. The molecule has 13 heavy (non-hydrogen) atoms. The average molecular weight is 199 g/mol. The lowest BCUT2D eigenvalue weighted by Gasteiger charge is -2.10. The number of anilines is 1. The lowest BCUT2D eigenvalue weighted by Crippen LogP contribution is -2.26. The molecule has 0 saturated heterocycles. The van der Waals surface area contributed by atoms with E-state index in [1.165, 1.54) is 5.69 Å². The fourth-order valence-electron chi connectivity index (χ4n) is 1.13. The average Bonchev–Trinajstić information content (AvgIpc) is 2.57. The van der Waals surface area contributed by atoms with Crippen LogP contribution < -0.4 is 16.8 Å². The van der Waals surface area contributed by atoms with Crippen molar-refractivity contribution in [2.75, 3.05) is 18.4 Å². The maximum absolute atomic E-state index is 5.81. The number of hydrogen-bond donors (Lipinski definition) is 3. The summed E-state index contributed by atoms with van der Waals surface area (Å²) in [5.74, 6) is 0. The van der Waals surface area contributed by atoms with Crippen LogP contribution in [-0.2, 0) is 0 Å². The fraction of sp³-hybridized carbons (Fsp3) is 0.556. The molecule has 0 aliphatic heterocycles. The van der Waals surface area contributed by atoms with Crippen LogP contribution in [0.5, 0.6) is 0 Å². The number of rotatable bonds is 6. The van der Waals surface area contributed by atoms with Crippen molar-refractivity contribution in [3.8, 4) is 0 Å². The molecule has 1 unspecified atom stereocenters. The van der Waals surface area contributed by atoms with E-state index in [0.29, 0.717) is 6.54 Å². The summed E-state index contributed by atoms with van der Waals surface area (Å²) >= 11 is 1.69. The Hall–Kier alpha value is -0.580. The monoisotopic (exact) mass is 199 g/mol. The van der Waals surface area contributed by atoms with Gasteiger partial charge in [-0.2, -0.15) is 11.3 Å². The van der Waals surface area contributed by atoms with Crippen molar-refractivity contribution >= 4 is 17.0 Å². The minimum atomic E-state index is 0.233. The van der Waals surface area contributed by atoms with Gasteiger partial charge in [0.1, 0.15) is 0 Å². The summed E-state index contributed by atoms with van der Waals surface area (Å²) in [6.45, 7) is 1.61. The van der Waals surface area contributed by atoms with Gasteiger partial charge in [-0.25, -0.2) is 0 Å². The molecule has 1 aromatic heterocycles. The van der Waals surface area contributed by atoms with Crippen LogP contribution in [-0.4, -0.2) is 19.1 Å². The fourth-order valence-corrected chi connectivity index (χ4v) is 1.74. The minimum Gasteiger partial charge on any atom is -0.384 e. The van der Waals surface area contributed by atoms with E-state index >= 15 is 0 Å². The zero-order valence-corrected chi connectivity index (χ0v) is 8.52. The lowest BCUT2D eigenvalue weighted by atomic mass is 10.1. The number of nitrogens with one attached hydrogen (secondary N) is 1. The third-order valence-corrected chi connectivity index (χ3v) is 2.59. The highest BCUT2D eigenvalue weighted by atomic mass is 32.1. The van der Waals surface area contributed by atoms with E-state index in [-0.39, 0.29) is 6.04 Å². The molecular formula is C9H17N3S. The van der Waals surface area contributed by atoms with Gasteiger partial charge in [0.2, 0.25) is 0 Å². The van der Waals surface area contributed by atoms with E-state index in [1.54, 1.807) is 11.3 Å². The van der Waals surface area contributed by atoms with Crippen molar-refractivity contribution in [2.24, 2.45) is 11.5 Å². The molecule has 0 spiro atoms. The van der Waals surface area contributed by atoms with Gasteiger partial charge >= 0.3 is 0 Å². The van der Waals surface area contributed by atoms with Gasteiger partial charge in [0, 0.05) is 23.7 Å². The van der Waals surface area contributed by atoms with Crippen LogP contribution in [0.1, 0.15) is 12.8 Å². The molecule has 0 aromatic carbocycles. The van der Waals surface area contributed by atoms with Crippen molar-refractivity contribution in [3.63, 3.8) is 0 Å². The first kappa shape index (κ1) is 10.5. The first-order valence-corrected chi connectivity index (χ1v) is 5.49. The van der Waals surface area contributed by atoms with Crippen molar-refractivity contribution in [3.05, 3.63) is 16.8 Å². The van der Waals surface area contributed by atoms with Gasteiger partial charge in [-0.05, 0) is 30.8 Å². The first-order chi connectivity index (χ1) is 6.33. The highest BCUT2D eigenvalue weighted by Gasteiger charge is 2.00. The normalized spacial score (nSPS) is 12.8. The third-order valence-electron chi connectivity index (χ3n) is 1.90. The second-order valence-electron chi connectivity index (χ2n) is 3.06. The number of thiophene rings is 1. The molecule has 4 heteroatoms. The van der Waals surface area contributed by atoms with E-state index in [9.17, 15) is 0 Å². The molecule has 74 valence electrons. The molecule has 1 atom stereocenters. The zero-order chi connectivity index (χ0) is 9.52. The molecule has 0 radical (unpaired) electrons. The maximum atomic E-state index is 5.81. The van der Waals surface area contributed by atoms with Crippen molar-refractivity contribution in [2.45, 2.75) is 18.9 Å². The van der Waals surface area contributed by atoms with Crippen LogP contribution in [0.15, 0.2) is 16.8 Å². The molecule has 0 saturated carbocycles. The quantitative estimate of drug-likeness (QED) is 0.645. The molecule has 0 aliphatic rings. The van der Waals surface area contributed by atoms with Crippen LogP contribution in [0.3, 0.4) is 0 Å². The Kier molecular flexibility index (Phi) is 4.82. The smallest absolute Gasteiger partial charge is 0.0448 e.